The molecule has 0 aliphatic rings. The molecule has 108 valence electrons. The minimum atomic E-state index is -2.38. The number of alkyl carbamates (subject to hydrolysis) is 1. The van der Waals surface area contributed by atoms with Crippen LogP contribution in [0.1, 0.15) is 41.0 Å². The van der Waals surface area contributed by atoms with Crippen molar-refractivity contribution in [2.75, 3.05) is 6.54 Å². The standard InChI is InChI=1S/C12H24F2N2O2/c1-8(6-7-15-9(2)10(13)14)16-11(17)18-12(3,4)5/h8-10,15H,6-7H2,1-5H3,(H,16,17). The van der Waals surface area contributed by atoms with Crippen LogP contribution in [0.2, 0.25) is 0 Å². The van der Waals surface area contributed by atoms with Crippen LogP contribution >= 0.6 is 0 Å². The first-order chi connectivity index (χ1) is 8.11. The monoisotopic (exact) mass is 266 g/mol. The second kappa shape index (κ2) is 7.51. The summed E-state index contributed by atoms with van der Waals surface area (Å²) in [5, 5.41) is 5.34. The number of carbonyl (C=O) groups excluding carboxylic acids is 1. The van der Waals surface area contributed by atoms with Crippen LogP contribution in [0.15, 0.2) is 0 Å². The zero-order chi connectivity index (χ0) is 14.3. The Morgan fingerprint density at radius 1 is 1.28 bits per heavy atom. The smallest absolute Gasteiger partial charge is 0.407 e. The predicted octanol–water partition coefficient (Wildman–Crippen LogP) is 2.53. The summed E-state index contributed by atoms with van der Waals surface area (Å²) in [4.78, 5) is 11.4. The van der Waals surface area contributed by atoms with Crippen LogP contribution in [0, 0.1) is 0 Å². The fraction of sp³-hybridized carbons (Fsp3) is 0.917. The Morgan fingerprint density at radius 3 is 2.28 bits per heavy atom. The maximum absolute atomic E-state index is 12.2. The molecule has 1 amide bonds. The molecule has 0 aliphatic heterocycles. The molecule has 4 nitrogen and oxygen atoms in total. The van der Waals surface area contributed by atoms with E-state index in [0.717, 1.165) is 0 Å². The number of hydrogen-bond donors (Lipinski definition) is 2. The quantitative estimate of drug-likeness (QED) is 0.776. The first kappa shape index (κ1) is 17.1. The van der Waals surface area contributed by atoms with Crippen LogP contribution in [0.4, 0.5) is 13.6 Å². The van der Waals surface area contributed by atoms with Crippen molar-refractivity contribution < 1.29 is 18.3 Å². The minimum Gasteiger partial charge on any atom is -0.444 e. The van der Waals surface area contributed by atoms with Gasteiger partial charge in [0.2, 0.25) is 0 Å². The molecule has 0 aromatic rings. The lowest BCUT2D eigenvalue weighted by molar-refractivity contribution is 0.0504. The Balaban J connectivity index is 3.78. The molecule has 0 aliphatic carbocycles. The number of amides is 1. The van der Waals surface area contributed by atoms with Crippen molar-refractivity contribution in [1.82, 2.24) is 10.6 Å². The van der Waals surface area contributed by atoms with Crippen molar-refractivity contribution >= 4 is 6.09 Å². The number of rotatable bonds is 6. The summed E-state index contributed by atoms with van der Waals surface area (Å²) in [5.74, 6) is 0. The van der Waals surface area contributed by atoms with Crippen molar-refractivity contribution in [2.24, 2.45) is 0 Å². The molecule has 0 rings (SSSR count). The van der Waals surface area contributed by atoms with E-state index in [4.69, 9.17) is 4.74 Å². The van der Waals surface area contributed by atoms with Crippen LogP contribution in [0.5, 0.6) is 0 Å². The maximum Gasteiger partial charge on any atom is 0.407 e. The van der Waals surface area contributed by atoms with E-state index in [9.17, 15) is 13.6 Å². The van der Waals surface area contributed by atoms with Gasteiger partial charge < -0.3 is 15.4 Å². The van der Waals surface area contributed by atoms with Gasteiger partial charge in [-0.1, -0.05) is 0 Å². The van der Waals surface area contributed by atoms with Gasteiger partial charge in [0.05, 0.1) is 6.04 Å². The van der Waals surface area contributed by atoms with E-state index < -0.39 is 24.2 Å². The van der Waals surface area contributed by atoms with E-state index in [1.165, 1.54) is 6.92 Å². The molecule has 0 saturated heterocycles. The molecule has 0 spiro atoms. The van der Waals surface area contributed by atoms with Crippen molar-refractivity contribution in [1.29, 1.82) is 0 Å². The van der Waals surface area contributed by atoms with Crippen molar-refractivity contribution in [3.8, 4) is 0 Å². The molecular formula is C12H24F2N2O2. The second-order valence-corrected chi connectivity index (χ2v) is 5.41. The first-order valence-corrected chi connectivity index (χ1v) is 6.13. The highest BCUT2D eigenvalue weighted by atomic mass is 19.3. The minimum absolute atomic E-state index is 0.128. The summed E-state index contributed by atoms with van der Waals surface area (Å²) >= 11 is 0. The van der Waals surface area contributed by atoms with Gasteiger partial charge in [0.25, 0.3) is 6.43 Å². The Kier molecular flexibility index (Phi) is 7.13. The zero-order valence-corrected chi connectivity index (χ0v) is 11.7. The van der Waals surface area contributed by atoms with E-state index in [-0.39, 0.29) is 6.04 Å². The third-order valence-electron chi connectivity index (χ3n) is 2.18. The van der Waals surface area contributed by atoms with Crippen molar-refractivity contribution in [3.05, 3.63) is 0 Å². The highest BCUT2D eigenvalue weighted by molar-refractivity contribution is 5.67. The molecule has 0 aromatic carbocycles. The van der Waals surface area contributed by atoms with Gasteiger partial charge in [0.1, 0.15) is 5.60 Å². The van der Waals surface area contributed by atoms with Crippen LogP contribution in [0.25, 0.3) is 0 Å². The molecule has 0 fully saturated rings. The van der Waals surface area contributed by atoms with Crippen molar-refractivity contribution in [2.45, 2.75) is 65.1 Å². The number of halogens is 2. The lowest BCUT2D eigenvalue weighted by Gasteiger charge is -2.22. The van der Waals surface area contributed by atoms with Gasteiger partial charge in [-0.05, 0) is 47.6 Å². The van der Waals surface area contributed by atoms with Gasteiger partial charge in [0, 0.05) is 6.04 Å². The van der Waals surface area contributed by atoms with Gasteiger partial charge in [-0.15, -0.1) is 0 Å². The van der Waals surface area contributed by atoms with Gasteiger partial charge in [-0.3, -0.25) is 0 Å². The van der Waals surface area contributed by atoms with E-state index in [2.05, 4.69) is 10.6 Å². The summed E-state index contributed by atoms with van der Waals surface area (Å²) in [5.41, 5.74) is -0.535. The topological polar surface area (TPSA) is 50.4 Å². The Labute approximate surface area is 107 Å². The van der Waals surface area contributed by atoms with Gasteiger partial charge >= 0.3 is 6.09 Å². The van der Waals surface area contributed by atoms with E-state index in [1.807, 2.05) is 0 Å². The lowest BCUT2D eigenvalue weighted by atomic mass is 10.2. The summed E-state index contributed by atoms with van der Waals surface area (Å²) in [6.07, 6.45) is -2.30. The predicted molar refractivity (Wildman–Crippen MR) is 66.9 cm³/mol. The second-order valence-electron chi connectivity index (χ2n) is 5.41. The number of ether oxygens (including phenoxy) is 1. The third kappa shape index (κ3) is 9.15. The zero-order valence-electron chi connectivity index (χ0n) is 11.7. The van der Waals surface area contributed by atoms with Gasteiger partial charge in [-0.2, -0.15) is 0 Å². The largest absolute Gasteiger partial charge is 0.444 e. The fourth-order valence-electron chi connectivity index (χ4n) is 1.20. The summed E-state index contributed by atoms with van der Waals surface area (Å²) in [6.45, 7) is 8.99. The molecule has 18 heavy (non-hydrogen) atoms. The average Bonchev–Trinajstić information content (AvgIpc) is 2.13. The number of alkyl halides is 2. The number of nitrogens with one attached hydrogen (secondary N) is 2. The molecule has 0 saturated carbocycles. The molecular weight excluding hydrogens is 242 g/mol. The number of carbonyl (C=O) groups is 1. The molecule has 2 N–H and O–H groups in total. The molecule has 0 heterocycles. The van der Waals surface area contributed by atoms with E-state index in [0.29, 0.717) is 13.0 Å². The Hall–Kier alpha value is -0.910. The molecule has 0 bridgehead atoms. The summed E-state index contributed by atoms with van der Waals surface area (Å²) in [7, 11) is 0. The average molecular weight is 266 g/mol. The van der Waals surface area contributed by atoms with Crippen molar-refractivity contribution in [3.63, 3.8) is 0 Å². The van der Waals surface area contributed by atoms with Crippen LogP contribution in [-0.2, 0) is 4.74 Å². The van der Waals surface area contributed by atoms with Gasteiger partial charge in [0.15, 0.2) is 0 Å². The first-order valence-electron chi connectivity index (χ1n) is 6.13. The third-order valence-corrected chi connectivity index (χ3v) is 2.18. The summed E-state index contributed by atoms with van der Waals surface area (Å²) in [6, 6.07) is -0.962. The highest BCUT2D eigenvalue weighted by Gasteiger charge is 2.18. The van der Waals surface area contributed by atoms with Crippen LogP contribution < -0.4 is 10.6 Å². The van der Waals surface area contributed by atoms with Crippen LogP contribution in [-0.4, -0.2) is 36.7 Å². The van der Waals surface area contributed by atoms with Crippen LogP contribution in [0.3, 0.4) is 0 Å². The summed E-state index contributed by atoms with van der Waals surface area (Å²) < 4.78 is 29.5. The molecule has 0 radical (unpaired) electrons. The normalized spacial score (nSPS) is 15.3. The molecule has 2 unspecified atom stereocenters. The van der Waals surface area contributed by atoms with E-state index >= 15 is 0 Å². The fourth-order valence-corrected chi connectivity index (χ4v) is 1.20. The molecule has 6 heteroatoms. The maximum atomic E-state index is 12.2. The number of hydrogen-bond acceptors (Lipinski definition) is 3. The Morgan fingerprint density at radius 2 is 1.83 bits per heavy atom. The Bertz CT molecular complexity index is 255. The SMILES string of the molecule is CC(CCNC(C)C(F)F)NC(=O)OC(C)(C)C. The molecule has 2 atom stereocenters. The van der Waals surface area contributed by atoms with E-state index in [1.54, 1.807) is 27.7 Å². The lowest BCUT2D eigenvalue weighted by Crippen LogP contribution is -2.40. The molecule has 0 aromatic heterocycles. The van der Waals surface area contributed by atoms with Gasteiger partial charge in [-0.25, -0.2) is 13.6 Å². The highest BCUT2D eigenvalue weighted by Crippen LogP contribution is 2.07.